The largest absolute Gasteiger partial charge is 0.333 e. The van der Waals surface area contributed by atoms with E-state index in [-0.39, 0.29) is 12.1 Å². The lowest BCUT2D eigenvalue weighted by molar-refractivity contribution is 0.245. The second kappa shape index (κ2) is 6.78. The van der Waals surface area contributed by atoms with E-state index >= 15 is 0 Å². The third kappa shape index (κ3) is 3.87. The summed E-state index contributed by atoms with van der Waals surface area (Å²) in [7, 11) is 1.74. The molecule has 1 aliphatic rings. The van der Waals surface area contributed by atoms with Crippen molar-refractivity contribution in [2.24, 2.45) is 13.0 Å². The Balaban J connectivity index is 1.52. The van der Waals surface area contributed by atoms with Crippen LogP contribution in [0, 0.1) is 5.92 Å². The van der Waals surface area contributed by atoms with Gasteiger partial charge in [0.25, 0.3) is 0 Å². The van der Waals surface area contributed by atoms with Crippen molar-refractivity contribution in [2.75, 3.05) is 18.4 Å². The molecular weight excluding hydrogens is 292 g/mol. The number of hydrogen-bond donors (Lipinski definition) is 2. The normalized spacial score (nSPS) is 21.3. The summed E-state index contributed by atoms with van der Waals surface area (Å²) in [6.07, 6.45) is 1.41. The van der Waals surface area contributed by atoms with Crippen molar-refractivity contribution in [3.63, 3.8) is 0 Å². The molecule has 2 N–H and O–H groups in total. The molecule has 0 saturated carbocycles. The summed E-state index contributed by atoms with van der Waals surface area (Å²) in [6, 6.07) is 10.3. The molecular formula is C16H22N6O. The Morgan fingerprint density at radius 1 is 1.30 bits per heavy atom. The van der Waals surface area contributed by atoms with E-state index < -0.39 is 0 Å². The molecule has 7 nitrogen and oxygen atoms in total. The van der Waals surface area contributed by atoms with Crippen LogP contribution in [0.3, 0.4) is 0 Å². The van der Waals surface area contributed by atoms with Gasteiger partial charge in [0.2, 0.25) is 5.95 Å². The average molecular weight is 314 g/mol. The lowest BCUT2D eigenvalue weighted by Crippen LogP contribution is -2.42. The number of benzene rings is 1. The molecule has 0 bridgehead atoms. The van der Waals surface area contributed by atoms with Crippen LogP contribution < -0.4 is 10.6 Å². The molecule has 2 unspecified atom stereocenters. The van der Waals surface area contributed by atoms with E-state index in [0.29, 0.717) is 11.9 Å². The Morgan fingerprint density at radius 2 is 2.09 bits per heavy atom. The number of hydrogen-bond acceptors (Lipinski definition) is 4. The Morgan fingerprint density at radius 3 is 2.78 bits per heavy atom. The molecule has 2 amide bonds. The van der Waals surface area contributed by atoms with Crippen LogP contribution in [0.5, 0.6) is 0 Å². The quantitative estimate of drug-likeness (QED) is 0.896. The van der Waals surface area contributed by atoms with E-state index in [1.54, 1.807) is 7.05 Å². The molecule has 0 spiro atoms. The number of nitrogens with zero attached hydrogens (tertiary/aromatic N) is 4. The van der Waals surface area contributed by atoms with Crippen molar-refractivity contribution >= 4 is 12.0 Å². The van der Waals surface area contributed by atoms with Crippen LogP contribution in [0.15, 0.2) is 36.7 Å². The van der Waals surface area contributed by atoms with Gasteiger partial charge in [-0.2, -0.15) is 10.1 Å². The highest BCUT2D eigenvalue weighted by Gasteiger charge is 2.30. The predicted octanol–water partition coefficient (Wildman–Crippen LogP) is 1.46. The van der Waals surface area contributed by atoms with E-state index in [0.717, 1.165) is 19.6 Å². The topological polar surface area (TPSA) is 75.1 Å². The zero-order valence-electron chi connectivity index (χ0n) is 13.4. The Labute approximate surface area is 135 Å². The number of carbonyl (C=O) groups is 1. The van der Waals surface area contributed by atoms with Gasteiger partial charge in [0.05, 0.1) is 0 Å². The van der Waals surface area contributed by atoms with Gasteiger partial charge in [-0.05, 0) is 11.5 Å². The summed E-state index contributed by atoms with van der Waals surface area (Å²) in [5.74, 6) is 0.846. The van der Waals surface area contributed by atoms with Gasteiger partial charge in [0.15, 0.2) is 0 Å². The van der Waals surface area contributed by atoms with E-state index in [4.69, 9.17) is 0 Å². The number of anilines is 1. The first-order valence-electron chi connectivity index (χ1n) is 7.79. The Bertz CT molecular complexity index is 656. The fourth-order valence-electron chi connectivity index (χ4n) is 2.94. The van der Waals surface area contributed by atoms with Crippen molar-refractivity contribution in [3.05, 3.63) is 42.2 Å². The zero-order valence-corrected chi connectivity index (χ0v) is 13.4. The molecule has 1 aromatic carbocycles. The van der Waals surface area contributed by atoms with Crippen LogP contribution in [-0.2, 0) is 13.6 Å². The molecule has 0 aliphatic carbocycles. The maximum absolute atomic E-state index is 12.1. The third-order valence-electron chi connectivity index (χ3n) is 4.19. The lowest BCUT2D eigenvalue weighted by atomic mass is 10.1. The van der Waals surface area contributed by atoms with Crippen LogP contribution in [0.1, 0.15) is 12.5 Å². The molecule has 7 heteroatoms. The first-order valence-corrected chi connectivity index (χ1v) is 7.79. The van der Waals surface area contributed by atoms with Crippen LogP contribution >= 0.6 is 0 Å². The third-order valence-corrected chi connectivity index (χ3v) is 4.19. The van der Waals surface area contributed by atoms with E-state index in [1.165, 1.54) is 16.6 Å². The summed E-state index contributed by atoms with van der Waals surface area (Å²) in [6.45, 7) is 4.90. The van der Waals surface area contributed by atoms with Gasteiger partial charge >= 0.3 is 6.03 Å². The number of aryl methyl sites for hydroxylation is 1. The number of carbonyl (C=O) groups excluding carboxylic acids is 1. The molecule has 0 radical (unpaired) electrons. The molecule has 23 heavy (non-hydrogen) atoms. The molecule has 122 valence electrons. The minimum absolute atomic E-state index is 0.131. The minimum Gasteiger partial charge on any atom is -0.333 e. The Kier molecular flexibility index (Phi) is 4.57. The summed E-state index contributed by atoms with van der Waals surface area (Å²) < 4.78 is 1.53. The molecule has 1 saturated heterocycles. The Hall–Kier alpha value is -2.41. The number of nitrogens with one attached hydrogen (secondary N) is 2. The number of aromatic nitrogens is 3. The standard InChI is InChI=1S/C16H22N6O/c1-12-8-22(9-13-6-4-3-5-7-13)10-14(12)19-16(23)20-15-17-11-18-21(15)2/h3-7,11-12,14H,8-10H2,1-2H3,(H2,17,18,19,20,23). The molecule has 2 atom stereocenters. The van der Waals surface area contributed by atoms with Gasteiger partial charge in [0, 0.05) is 32.7 Å². The SMILES string of the molecule is CC1CN(Cc2ccccc2)CC1NC(=O)Nc1ncnn1C. The lowest BCUT2D eigenvalue weighted by Gasteiger charge is -2.17. The maximum atomic E-state index is 12.1. The first kappa shape index (κ1) is 15.5. The molecule has 2 heterocycles. The van der Waals surface area contributed by atoms with Crippen LogP contribution in [-0.4, -0.2) is 44.8 Å². The fourth-order valence-corrected chi connectivity index (χ4v) is 2.94. The summed E-state index contributed by atoms with van der Waals surface area (Å²) >= 11 is 0. The van der Waals surface area contributed by atoms with Crippen molar-refractivity contribution in [1.82, 2.24) is 25.0 Å². The molecule has 3 rings (SSSR count). The van der Waals surface area contributed by atoms with Crippen LogP contribution in [0.25, 0.3) is 0 Å². The summed E-state index contributed by atoms with van der Waals surface area (Å²) in [5, 5.41) is 9.69. The van der Waals surface area contributed by atoms with Crippen LogP contribution in [0.2, 0.25) is 0 Å². The molecule has 1 fully saturated rings. The van der Waals surface area contributed by atoms with E-state index in [2.05, 4.69) is 56.8 Å². The monoisotopic (exact) mass is 314 g/mol. The summed E-state index contributed by atoms with van der Waals surface area (Å²) in [4.78, 5) is 18.5. The first-order chi connectivity index (χ1) is 11.1. The number of urea groups is 1. The maximum Gasteiger partial charge on any atom is 0.321 e. The van der Waals surface area contributed by atoms with Gasteiger partial charge in [-0.3, -0.25) is 10.2 Å². The van der Waals surface area contributed by atoms with Crippen molar-refractivity contribution in [2.45, 2.75) is 19.5 Å². The predicted molar refractivity (Wildman–Crippen MR) is 87.8 cm³/mol. The highest BCUT2D eigenvalue weighted by Crippen LogP contribution is 2.19. The molecule has 1 aromatic heterocycles. The minimum atomic E-state index is -0.237. The molecule has 1 aliphatic heterocycles. The smallest absolute Gasteiger partial charge is 0.321 e. The zero-order chi connectivity index (χ0) is 16.2. The van der Waals surface area contributed by atoms with Gasteiger partial charge in [0.1, 0.15) is 6.33 Å². The van der Waals surface area contributed by atoms with Crippen molar-refractivity contribution in [3.8, 4) is 0 Å². The highest BCUT2D eigenvalue weighted by atomic mass is 16.2. The van der Waals surface area contributed by atoms with Crippen molar-refractivity contribution in [1.29, 1.82) is 0 Å². The van der Waals surface area contributed by atoms with Gasteiger partial charge < -0.3 is 5.32 Å². The summed E-state index contributed by atoms with van der Waals surface area (Å²) in [5.41, 5.74) is 1.30. The number of rotatable bonds is 4. The number of amides is 2. The fraction of sp³-hybridized carbons (Fsp3) is 0.438. The molecule has 2 aromatic rings. The second-order valence-electron chi connectivity index (χ2n) is 6.07. The second-order valence-corrected chi connectivity index (χ2v) is 6.07. The van der Waals surface area contributed by atoms with Gasteiger partial charge in [-0.1, -0.05) is 37.3 Å². The average Bonchev–Trinajstić information content (AvgIpc) is 3.07. The van der Waals surface area contributed by atoms with Crippen molar-refractivity contribution < 1.29 is 4.79 Å². The van der Waals surface area contributed by atoms with Crippen LogP contribution in [0.4, 0.5) is 10.7 Å². The van der Waals surface area contributed by atoms with Gasteiger partial charge in [-0.25, -0.2) is 9.48 Å². The highest BCUT2D eigenvalue weighted by molar-refractivity contribution is 5.87. The van der Waals surface area contributed by atoms with E-state index in [9.17, 15) is 4.79 Å². The van der Waals surface area contributed by atoms with Gasteiger partial charge in [-0.15, -0.1) is 0 Å². The number of likely N-dealkylation sites (tertiary alicyclic amines) is 1. The van der Waals surface area contributed by atoms with E-state index in [1.807, 2.05) is 6.07 Å².